The van der Waals surface area contributed by atoms with Crippen molar-refractivity contribution in [2.75, 3.05) is 42.7 Å². The number of anilines is 3. The second-order valence-corrected chi connectivity index (χ2v) is 5.96. The maximum atomic E-state index is 5.89. The van der Waals surface area contributed by atoms with E-state index >= 15 is 0 Å². The van der Waals surface area contributed by atoms with Crippen molar-refractivity contribution in [3.05, 3.63) is 39.5 Å². The van der Waals surface area contributed by atoms with E-state index in [0.29, 0.717) is 26.8 Å². The maximum absolute atomic E-state index is 5.89. The molecule has 0 radical (unpaired) electrons. The molecule has 6 nitrogen and oxygen atoms in total. The standard InChI is InChI=1S/C9H12ClN3O.C5H4Cl2N2/c10-7-5-8(11)12-9(6-7)13-1-3-14-4-2-13;6-3-1-4(7)9-5(8)2-3/h5-6H,1-4H2,(H2,11,12);1-2H,(H2,8,9). The summed E-state index contributed by atoms with van der Waals surface area (Å²) in [6.07, 6.45) is 0. The molecule has 0 spiro atoms. The van der Waals surface area contributed by atoms with E-state index in [4.69, 9.17) is 51.0 Å². The molecule has 0 atom stereocenters. The summed E-state index contributed by atoms with van der Waals surface area (Å²) < 4.78 is 5.25. The fraction of sp³-hybridized carbons (Fsp3) is 0.286. The molecule has 3 rings (SSSR count). The fourth-order valence-electron chi connectivity index (χ4n) is 1.94. The Kier molecular flexibility index (Phi) is 6.53. The van der Waals surface area contributed by atoms with Crippen LogP contribution in [0.15, 0.2) is 24.3 Å². The van der Waals surface area contributed by atoms with Crippen LogP contribution in [0.2, 0.25) is 15.2 Å². The highest BCUT2D eigenvalue weighted by Gasteiger charge is 2.13. The van der Waals surface area contributed by atoms with Crippen molar-refractivity contribution < 1.29 is 4.74 Å². The Labute approximate surface area is 149 Å². The molecule has 0 saturated carbocycles. The van der Waals surface area contributed by atoms with Crippen LogP contribution in [0.4, 0.5) is 17.5 Å². The molecule has 1 aliphatic heterocycles. The van der Waals surface area contributed by atoms with Crippen LogP contribution >= 0.6 is 34.8 Å². The zero-order valence-corrected chi connectivity index (χ0v) is 14.4. The predicted octanol–water partition coefficient (Wildman–Crippen LogP) is 3.12. The van der Waals surface area contributed by atoms with Gasteiger partial charge in [-0.2, -0.15) is 0 Å². The van der Waals surface area contributed by atoms with E-state index in [1.807, 2.05) is 6.07 Å². The van der Waals surface area contributed by atoms with Crippen LogP contribution in [-0.2, 0) is 4.74 Å². The fourth-order valence-corrected chi connectivity index (χ4v) is 2.64. The lowest BCUT2D eigenvalue weighted by molar-refractivity contribution is 0.122. The van der Waals surface area contributed by atoms with Gasteiger partial charge in [0.15, 0.2) is 0 Å². The molecule has 0 aromatic carbocycles. The van der Waals surface area contributed by atoms with Gasteiger partial charge in [-0.15, -0.1) is 0 Å². The minimum absolute atomic E-state index is 0.319. The molecule has 0 bridgehead atoms. The second-order valence-electron chi connectivity index (χ2n) is 4.70. The molecule has 0 unspecified atom stereocenters. The van der Waals surface area contributed by atoms with Gasteiger partial charge in [-0.05, 0) is 24.3 Å². The number of nitrogens with zero attached hydrogens (tertiary/aromatic N) is 3. The first kappa shape index (κ1) is 17.9. The summed E-state index contributed by atoms with van der Waals surface area (Å²) in [5.74, 6) is 1.63. The normalized spacial score (nSPS) is 14.1. The number of hydrogen-bond donors (Lipinski definition) is 2. The van der Waals surface area contributed by atoms with Crippen LogP contribution in [0, 0.1) is 0 Å². The highest BCUT2D eigenvalue weighted by atomic mass is 35.5. The number of hydrogen-bond acceptors (Lipinski definition) is 6. The van der Waals surface area contributed by atoms with E-state index in [0.717, 1.165) is 32.1 Å². The van der Waals surface area contributed by atoms with Crippen molar-refractivity contribution in [3.8, 4) is 0 Å². The lowest BCUT2D eigenvalue weighted by atomic mass is 10.3. The topological polar surface area (TPSA) is 90.3 Å². The Balaban J connectivity index is 0.000000185. The average molecular weight is 377 g/mol. The summed E-state index contributed by atoms with van der Waals surface area (Å²) >= 11 is 16.9. The largest absolute Gasteiger partial charge is 0.384 e. The highest BCUT2D eigenvalue weighted by Crippen LogP contribution is 2.20. The van der Waals surface area contributed by atoms with E-state index in [2.05, 4.69) is 14.9 Å². The van der Waals surface area contributed by atoms with Gasteiger partial charge in [0.25, 0.3) is 0 Å². The number of halogens is 3. The van der Waals surface area contributed by atoms with Gasteiger partial charge in [0.05, 0.1) is 13.2 Å². The molecule has 2 aromatic rings. The summed E-state index contributed by atoms with van der Waals surface area (Å²) in [6, 6.07) is 6.53. The van der Waals surface area contributed by atoms with Crippen molar-refractivity contribution in [2.45, 2.75) is 0 Å². The van der Waals surface area contributed by atoms with Gasteiger partial charge >= 0.3 is 0 Å². The molecule has 9 heteroatoms. The summed E-state index contributed by atoms with van der Waals surface area (Å²) in [7, 11) is 0. The first-order valence-electron chi connectivity index (χ1n) is 6.78. The van der Waals surface area contributed by atoms with Crippen molar-refractivity contribution in [2.24, 2.45) is 0 Å². The molecular weight excluding hydrogens is 361 g/mol. The van der Waals surface area contributed by atoms with Gasteiger partial charge in [0.2, 0.25) is 0 Å². The molecule has 4 N–H and O–H groups in total. The Morgan fingerprint density at radius 2 is 1.43 bits per heavy atom. The molecule has 0 aliphatic carbocycles. The molecular formula is C14H16Cl3N5O. The van der Waals surface area contributed by atoms with Crippen LogP contribution in [0.25, 0.3) is 0 Å². The van der Waals surface area contributed by atoms with E-state index in [1.54, 1.807) is 6.07 Å². The molecule has 1 saturated heterocycles. The lowest BCUT2D eigenvalue weighted by Gasteiger charge is -2.27. The van der Waals surface area contributed by atoms with Gasteiger partial charge in [0.1, 0.15) is 22.6 Å². The minimum atomic E-state index is 0.319. The van der Waals surface area contributed by atoms with Gasteiger partial charge in [0, 0.05) is 23.1 Å². The van der Waals surface area contributed by atoms with Crippen molar-refractivity contribution in [1.29, 1.82) is 0 Å². The van der Waals surface area contributed by atoms with E-state index in [1.165, 1.54) is 12.1 Å². The molecule has 2 aromatic heterocycles. The van der Waals surface area contributed by atoms with Crippen molar-refractivity contribution in [1.82, 2.24) is 9.97 Å². The van der Waals surface area contributed by atoms with E-state index in [-0.39, 0.29) is 0 Å². The van der Waals surface area contributed by atoms with Crippen molar-refractivity contribution in [3.63, 3.8) is 0 Å². The number of nitrogens with two attached hydrogens (primary N) is 2. The summed E-state index contributed by atoms with van der Waals surface area (Å²) in [6.45, 7) is 3.14. The second kappa shape index (κ2) is 8.40. The number of ether oxygens (including phenoxy) is 1. The predicted molar refractivity (Wildman–Crippen MR) is 95.4 cm³/mol. The number of nitrogen functional groups attached to an aromatic ring is 2. The summed E-state index contributed by atoms with van der Waals surface area (Å²) in [5, 5.41) is 1.45. The third-order valence-electron chi connectivity index (χ3n) is 2.91. The number of rotatable bonds is 1. The van der Waals surface area contributed by atoms with Crippen LogP contribution < -0.4 is 16.4 Å². The van der Waals surface area contributed by atoms with Crippen molar-refractivity contribution >= 4 is 52.3 Å². The van der Waals surface area contributed by atoms with Gasteiger partial charge in [-0.3, -0.25) is 0 Å². The molecule has 3 heterocycles. The SMILES string of the molecule is Nc1cc(Cl)cc(Cl)n1.Nc1cc(Cl)cc(N2CCOCC2)n1. The van der Waals surface area contributed by atoms with Crippen LogP contribution in [-0.4, -0.2) is 36.3 Å². The lowest BCUT2D eigenvalue weighted by Crippen LogP contribution is -2.36. The van der Waals surface area contributed by atoms with Crippen LogP contribution in [0.5, 0.6) is 0 Å². The van der Waals surface area contributed by atoms with Gasteiger partial charge in [-0.1, -0.05) is 34.8 Å². The Morgan fingerprint density at radius 1 is 0.870 bits per heavy atom. The van der Waals surface area contributed by atoms with E-state index < -0.39 is 0 Å². The van der Waals surface area contributed by atoms with E-state index in [9.17, 15) is 0 Å². The molecule has 23 heavy (non-hydrogen) atoms. The zero-order chi connectivity index (χ0) is 16.8. The first-order valence-corrected chi connectivity index (χ1v) is 7.92. The Morgan fingerprint density at radius 3 is 1.96 bits per heavy atom. The number of pyridine rings is 2. The molecule has 1 fully saturated rings. The van der Waals surface area contributed by atoms with Gasteiger partial charge in [-0.25, -0.2) is 9.97 Å². The molecule has 0 amide bonds. The monoisotopic (exact) mass is 375 g/mol. The maximum Gasteiger partial charge on any atom is 0.132 e. The molecule has 124 valence electrons. The van der Waals surface area contributed by atoms with Crippen LogP contribution in [0.1, 0.15) is 0 Å². The number of aromatic nitrogens is 2. The third-order valence-corrected chi connectivity index (χ3v) is 3.54. The summed E-state index contributed by atoms with van der Waals surface area (Å²) in [5.41, 5.74) is 10.9. The average Bonchev–Trinajstić information content (AvgIpc) is 2.46. The van der Waals surface area contributed by atoms with Gasteiger partial charge < -0.3 is 21.1 Å². The summed E-state index contributed by atoms with van der Waals surface area (Å²) in [4.78, 5) is 10.0. The quantitative estimate of drug-likeness (QED) is 0.743. The van der Waals surface area contributed by atoms with Crippen LogP contribution in [0.3, 0.4) is 0 Å². The Bertz CT molecular complexity index is 594. The number of morpholine rings is 1. The third kappa shape index (κ3) is 5.91. The first-order chi connectivity index (χ1) is 10.9. The zero-order valence-electron chi connectivity index (χ0n) is 12.2. The molecule has 1 aliphatic rings. The smallest absolute Gasteiger partial charge is 0.132 e. The highest BCUT2D eigenvalue weighted by molar-refractivity contribution is 6.34. The minimum Gasteiger partial charge on any atom is -0.384 e. The Hall–Kier alpha value is -1.47.